The Morgan fingerprint density at radius 1 is 0.382 bits per heavy atom. The number of hydrogen-bond donors (Lipinski definition) is 0. The third kappa shape index (κ3) is 3.68. The lowest BCUT2D eigenvalue weighted by Gasteiger charge is -2.33. The first-order valence-corrected chi connectivity index (χ1v) is 19.6. The molecular formula is C51H34B2N2. The summed E-state index contributed by atoms with van der Waals surface area (Å²) in [6.07, 6.45) is 0. The topological polar surface area (TPSA) is 9.86 Å². The number of hydrogen-bond acceptors (Lipinski definition) is 0. The van der Waals surface area contributed by atoms with Gasteiger partial charge in [-0.2, -0.15) is 0 Å². The number of para-hydroxylation sites is 2. The van der Waals surface area contributed by atoms with Crippen molar-refractivity contribution in [2.75, 3.05) is 0 Å². The number of aryl methyl sites for hydroxylation is 3. The van der Waals surface area contributed by atoms with Crippen LogP contribution in [0.5, 0.6) is 0 Å². The molecule has 0 fully saturated rings. The van der Waals surface area contributed by atoms with Gasteiger partial charge in [-0.1, -0.05) is 161 Å². The molecule has 4 heteroatoms. The van der Waals surface area contributed by atoms with Crippen LogP contribution in [0.2, 0.25) is 0 Å². The summed E-state index contributed by atoms with van der Waals surface area (Å²) in [5.74, 6) is 0. The number of fused-ring (bicyclic) bond motifs is 14. The standard InChI is InChI=1S/C51H34B2N2/c1-29-24-30(2)48(31(3)25-29)53-41-18-11-16-38-35-15-8-10-19-44(35)54(50(38)41)46-28-47-42(27-43(46)53)52-40-17-9-7-14-34(40)37-22-23-39-36-21-20-33(32-12-5-4-6-13-32)26-45(36)55(47)51(39)49(37)52/h4-28H,1-3H3. The fraction of sp³-hybridized carbons (Fsp3) is 0.0588. The molecule has 3 aliphatic heterocycles. The van der Waals surface area contributed by atoms with E-state index in [1.165, 1.54) is 127 Å². The van der Waals surface area contributed by atoms with Crippen molar-refractivity contribution < 1.29 is 0 Å². The van der Waals surface area contributed by atoms with Crippen LogP contribution in [0.25, 0.3) is 77.2 Å². The normalized spacial score (nSPS) is 13.3. The molecule has 8 aromatic carbocycles. The van der Waals surface area contributed by atoms with E-state index in [0.717, 1.165) is 0 Å². The van der Waals surface area contributed by atoms with Gasteiger partial charge in [-0.05, 0) is 83.1 Å². The minimum Gasteiger partial charge on any atom is -0.310 e. The summed E-state index contributed by atoms with van der Waals surface area (Å²) in [6.45, 7) is 7.12. The average Bonchev–Trinajstić information content (AvgIpc) is 3.85. The summed E-state index contributed by atoms with van der Waals surface area (Å²) >= 11 is 0. The van der Waals surface area contributed by atoms with Gasteiger partial charge in [-0.25, -0.2) is 0 Å². The van der Waals surface area contributed by atoms with Crippen molar-refractivity contribution in [2.45, 2.75) is 20.8 Å². The number of rotatable bonds is 2. The van der Waals surface area contributed by atoms with Crippen molar-refractivity contribution in [3.05, 3.63) is 168 Å². The largest absolute Gasteiger partial charge is 0.310 e. The van der Waals surface area contributed by atoms with E-state index in [9.17, 15) is 0 Å². The van der Waals surface area contributed by atoms with Gasteiger partial charge in [-0.3, -0.25) is 0 Å². The Bertz CT molecular complexity index is 3340. The first-order valence-electron chi connectivity index (χ1n) is 19.6. The lowest BCUT2D eigenvalue weighted by molar-refractivity contribution is 1.15. The van der Waals surface area contributed by atoms with Crippen molar-refractivity contribution in [2.24, 2.45) is 0 Å². The van der Waals surface area contributed by atoms with Gasteiger partial charge in [0.25, 0.3) is 0 Å². The molecule has 10 aromatic rings. The van der Waals surface area contributed by atoms with Crippen molar-refractivity contribution >= 4 is 89.8 Å². The molecule has 0 spiro atoms. The summed E-state index contributed by atoms with van der Waals surface area (Å²) < 4.78 is 5.23. The van der Waals surface area contributed by atoms with Crippen LogP contribution in [0.15, 0.2) is 152 Å². The molecule has 55 heavy (non-hydrogen) atoms. The van der Waals surface area contributed by atoms with Crippen molar-refractivity contribution in [3.8, 4) is 33.6 Å². The summed E-state index contributed by atoms with van der Waals surface area (Å²) in [6, 6.07) is 57.9. The first kappa shape index (κ1) is 29.9. The summed E-state index contributed by atoms with van der Waals surface area (Å²) in [7, 11) is 0. The lowest BCUT2D eigenvalue weighted by atomic mass is 9.32. The highest BCUT2D eigenvalue weighted by Crippen LogP contribution is 2.41. The van der Waals surface area contributed by atoms with Crippen LogP contribution < -0.4 is 32.8 Å². The van der Waals surface area contributed by atoms with Crippen LogP contribution in [0, 0.1) is 20.8 Å². The van der Waals surface area contributed by atoms with Crippen LogP contribution in [-0.4, -0.2) is 22.6 Å². The van der Waals surface area contributed by atoms with Crippen molar-refractivity contribution in [1.29, 1.82) is 0 Å². The fourth-order valence-electron chi connectivity index (χ4n) is 11.3. The minimum atomic E-state index is 0.0980. The third-order valence-corrected chi connectivity index (χ3v) is 13.3. The zero-order valence-electron chi connectivity index (χ0n) is 31.0. The highest BCUT2D eigenvalue weighted by atomic mass is 15.0. The maximum absolute atomic E-state index is 2.63. The highest BCUT2D eigenvalue weighted by Gasteiger charge is 2.44. The Balaban J connectivity index is 1.22. The molecule has 5 heterocycles. The van der Waals surface area contributed by atoms with E-state index in [0.29, 0.717) is 0 Å². The fourth-order valence-corrected chi connectivity index (χ4v) is 11.3. The Labute approximate surface area is 320 Å². The average molecular weight is 696 g/mol. The zero-order valence-corrected chi connectivity index (χ0v) is 31.0. The van der Waals surface area contributed by atoms with Gasteiger partial charge >= 0.3 is 0 Å². The molecular weight excluding hydrogens is 662 g/mol. The molecule has 0 saturated carbocycles. The number of benzene rings is 8. The predicted molar refractivity (Wildman–Crippen MR) is 236 cm³/mol. The predicted octanol–water partition coefficient (Wildman–Crippen LogP) is 8.11. The highest BCUT2D eigenvalue weighted by molar-refractivity contribution is 7.03. The molecule has 0 aliphatic carbocycles. The smallest absolute Gasteiger partial charge is 0.248 e. The Morgan fingerprint density at radius 3 is 1.85 bits per heavy atom. The molecule has 0 amide bonds. The molecule has 0 radical (unpaired) electrons. The Morgan fingerprint density at radius 2 is 1.02 bits per heavy atom. The van der Waals surface area contributed by atoms with E-state index in [2.05, 4.69) is 182 Å². The van der Waals surface area contributed by atoms with E-state index < -0.39 is 0 Å². The SMILES string of the molecule is Cc1cc(C)c(B2c3cc4c(cc3-n3c5ccccc5c5cccc2c53)-n2c3cc(-c5ccccc5)ccc3c3ccc5c(c32)B4c2ccccc2-5)c(C)c1. The number of aromatic nitrogens is 2. The van der Waals surface area contributed by atoms with Gasteiger partial charge in [0.15, 0.2) is 0 Å². The monoisotopic (exact) mass is 696 g/mol. The summed E-state index contributed by atoms with van der Waals surface area (Å²) in [4.78, 5) is 0. The van der Waals surface area contributed by atoms with E-state index in [1.54, 1.807) is 0 Å². The van der Waals surface area contributed by atoms with Crippen LogP contribution >= 0.6 is 0 Å². The molecule has 2 aromatic heterocycles. The summed E-state index contributed by atoms with van der Waals surface area (Å²) in [5.41, 5.74) is 25.5. The van der Waals surface area contributed by atoms with Gasteiger partial charge in [0, 0.05) is 44.0 Å². The van der Waals surface area contributed by atoms with Crippen LogP contribution in [-0.2, 0) is 0 Å². The van der Waals surface area contributed by atoms with E-state index in [-0.39, 0.29) is 13.4 Å². The second-order valence-corrected chi connectivity index (χ2v) is 16.2. The second-order valence-electron chi connectivity index (χ2n) is 16.2. The number of nitrogens with zero attached hydrogens (tertiary/aromatic N) is 2. The molecule has 0 N–H and O–H groups in total. The maximum atomic E-state index is 2.63. The van der Waals surface area contributed by atoms with Gasteiger partial charge in [0.05, 0.1) is 11.0 Å². The first-order chi connectivity index (χ1) is 27.0. The van der Waals surface area contributed by atoms with Crippen molar-refractivity contribution in [3.63, 3.8) is 0 Å². The second kappa shape index (κ2) is 10.4. The van der Waals surface area contributed by atoms with Gasteiger partial charge in [-0.15, -0.1) is 0 Å². The quantitative estimate of drug-likeness (QED) is 0.162. The minimum absolute atomic E-state index is 0.0980. The van der Waals surface area contributed by atoms with E-state index in [1.807, 2.05) is 0 Å². The molecule has 13 rings (SSSR count). The van der Waals surface area contributed by atoms with Crippen molar-refractivity contribution in [1.82, 2.24) is 9.13 Å². The molecule has 0 bridgehead atoms. The molecule has 2 nitrogen and oxygen atoms in total. The molecule has 254 valence electrons. The maximum Gasteiger partial charge on any atom is 0.248 e. The van der Waals surface area contributed by atoms with Gasteiger partial charge in [0.2, 0.25) is 13.4 Å². The molecule has 3 aliphatic rings. The van der Waals surface area contributed by atoms with E-state index >= 15 is 0 Å². The molecule has 0 atom stereocenters. The Hall–Kier alpha value is -6.51. The summed E-state index contributed by atoms with van der Waals surface area (Å²) in [5, 5.41) is 5.27. The van der Waals surface area contributed by atoms with Crippen LogP contribution in [0.3, 0.4) is 0 Å². The van der Waals surface area contributed by atoms with Gasteiger partial charge < -0.3 is 9.13 Å². The van der Waals surface area contributed by atoms with Gasteiger partial charge in [0.1, 0.15) is 0 Å². The molecule has 0 unspecified atom stereocenters. The lowest BCUT2D eigenvalue weighted by Crippen LogP contribution is -2.60. The zero-order chi connectivity index (χ0) is 36.3. The van der Waals surface area contributed by atoms with E-state index in [4.69, 9.17) is 0 Å². The van der Waals surface area contributed by atoms with Crippen LogP contribution in [0.1, 0.15) is 16.7 Å². The molecule has 0 saturated heterocycles. The Kier molecular flexibility index (Phi) is 5.63. The third-order valence-electron chi connectivity index (χ3n) is 13.3. The van der Waals surface area contributed by atoms with Crippen LogP contribution in [0.4, 0.5) is 0 Å².